The van der Waals surface area contributed by atoms with Crippen LogP contribution in [0.1, 0.15) is 12.5 Å². The Bertz CT molecular complexity index is 909. The fraction of sp³-hybridized carbons (Fsp3) is 0.143. The lowest BCUT2D eigenvalue weighted by Crippen LogP contribution is -2.13. The number of ether oxygens (including phenoxy) is 2. The van der Waals surface area contributed by atoms with E-state index in [1.165, 1.54) is 13.0 Å². The van der Waals surface area contributed by atoms with Gasteiger partial charge in [0.1, 0.15) is 6.61 Å². The quantitative estimate of drug-likeness (QED) is 0.504. The van der Waals surface area contributed by atoms with E-state index >= 15 is 0 Å². The van der Waals surface area contributed by atoms with Gasteiger partial charge in [-0.3, -0.25) is 9.59 Å². The maximum Gasteiger partial charge on any atom is 0.248 e. The Hall–Kier alpha value is -3.25. The summed E-state index contributed by atoms with van der Waals surface area (Å²) in [4.78, 5) is 23.6. The molecule has 0 saturated heterocycles. The third kappa shape index (κ3) is 6.17. The molecule has 2 aromatic rings. The van der Waals surface area contributed by atoms with Crippen LogP contribution >= 0.6 is 11.6 Å². The Morgan fingerprint density at radius 1 is 1.11 bits per heavy atom. The molecule has 146 valence electrons. The molecular weight excluding hydrogens is 380 g/mol. The van der Waals surface area contributed by atoms with E-state index in [0.717, 1.165) is 5.56 Å². The van der Waals surface area contributed by atoms with Gasteiger partial charge in [-0.2, -0.15) is 0 Å². The molecule has 2 aromatic carbocycles. The van der Waals surface area contributed by atoms with Gasteiger partial charge in [0.15, 0.2) is 11.5 Å². The minimum absolute atomic E-state index is 0.251. The summed E-state index contributed by atoms with van der Waals surface area (Å²) in [7, 11) is 1.54. The van der Waals surface area contributed by atoms with Gasteiger partial charge >= 0.3 is 0 Å². The fourth-order valence-electron chi connectivity index (χ4n) is 2.32. The minimum atomic E-state index is -0.375. The molecule has 0 radical (unpaired) electrons. The van der Waals surface area contributed by atoms with Gasteiger partial charge in [-0.1, -0.05) is 30.3 Å². The number of amides is 2. The van der Waals surface area contributed by atoms with Gasteiger partial charge in [0.25, 0.3) is 0 Å². The van der Waals surface area contributed by atoms with Crippen molar-refractivity contribution in [3.8, 4) is 11.5 Å². The number of benzene rings is 2. The number of hydrogen-bond acceptors (Lipinski definition) is 4. The van der Waals surface area contributed by atoms with E-state index in [4.69, 9.17) is 21.1 Å². The highest BCUT2D eigenvalue weighted by atomic mass is 35.5. The van der Waals surface area contributed by atoms with Crippen molar-refractivity contribution < 1.29 is 19.1 Å². The van der Waals surface area contributed by atoms with Crippen LogP contribution in [-0.2, 0) is 9.59 Å². The second-order valence-corrected chi connectivity index (χ2v) is 6.14. The minimum Gasteiger partial charge on any atom is -0.493 e. The van der Waals surface area contributed by atoms with Gasteiger partial charge in [-0.25, -0.2) is 0 Å². The number of halogens is 1. The highest BCUT2D eigenvalue weighted by Crippen LogP contribution is 2.29. The molecule has 2 N–H and O–H groups in total. The molecule has 0 aromatic heterocycles. The average Bonchev–Trinajstić information content (AvgIpc) is 2.66. The van der Waals surface area contributed by atoms with E-state index in [1.54, 1.807) is 55.7 Å². The van der Waals surface area contributed by atoms with Crippen LogP contribution in [0.4, 0.5) is 11.4 Å². The van der Waals surface area contributed by atoms with Crippen molar-refractivity contribution >= 4 is 40.9 Å². The number of anilines is 2. The smallest absolute Gasteiger partial charge is 0.248 e. The van der Waals surface area contributed by atoms with E-state index in [9.17, 15) is 9.59 Å². The maximum absolute atomic E-state index is 12.3. The number of carbonyl (C=O) groups is 2. The molecule has 0 saturated carbocycles. The SMILES string of the molecule is C=CCOc1ccc(/C=C/C(=O)Nc2cc(Cl)ccc2NC(C)=O)cc1OC. The van der Waals surface area contributed by atoms with Crippen LogP contribution < -0.4 is 20.1 Å². The first kappa shape index (κ1) is 21.1. The first-order valence-electron chi connectivity index (χ1n) is 8.41. The molecular formula is C21H21ClN2O4. The second kappa shape index (κ2) is 10.2. The van der Waals surface area contributed by atoms with Crippen molar-refractivity contribution in [3.63, 3.8) is 0 Å². The predicted octanol–water partition coefficient (Wildman–Crippen LogP) is 4.52. The Morgan fingerprint density at radius 3 is 2.57 bits per heavy atom. The highest BCUT2D eigenvalue weighted by molar-refractivity contribution is 6.31. The van der Waals surface area contributed by atoms with Crippen molar-refractivity contribution in [2.24, 2.45) is 0 Å². The maximum atomic E-state index is 12.3. The summed E-state index contributed by atoms with van der Waals surface area (Å²) in [5.74, 6) is 0.508. The molecule has 7 heteroatoms. The van der Waals surface area contributed by atoms with Crippen molar-refractivity contribution in [3.05, 3.63) is 65.7 Å². The molecule has 0 aliphatic rings. The van der Waals surface area contributed by atoms with Crippen LogP contribution in [0, 0.1) is 0 Å². The molecule has 0 aliphatic carbocycles. The van der Waals surface area contributed by atoms with Crippen molar-refractivity contribution in [1.82, 2.24) is 0 Å². The summed E-state index contributed by atoms with van der Waals surface area (Å²) < 4.78 is 10.8. The number of rotatable bonds is 8. The molecule has 28 heavy (non-hydrogen) atoms. The Labute approximate surface area is 168 Å². The average molecular weight is 401 g/mol. The first-order chi connectivity index (χ1) is 13.4. The highest BCUT2D eigenvalue weighted by Gasteiger charge is 2.08. The molecule has 0 heterocycles. The number of methoxy groups -OCH3 is 1. The lowest BCUT2D eigenvalue weighted by molar-refractivity contribution is -0.114. The second-order valence-electron chi connectivity index (χ2n) is 5.70. The van der Waals surface area contributed by atoms with Gasteiger partial charge < -0.3 is 20.1 Å². The van der Waals surface area contributed by atoms with E-state index < -0.39 is 0 Å². The Balaban J connectivity index is 2.13. The Kier molecular flexibility index (Phi) is 7.65. The van der Waals surface area contributed by atoms with E-state index in [0.29, 0.717) is 34.5 Å². The van der Waals surface area contributed by atoms with Crippen LogP contribution in [0.15, 0.2) is 55.1 Å². The fourth-order valence-corrected chi connectivity index (χ4v) is 2.49. The van der Waals surface area contributed by atoms with Crippen LogP contribution in [0.25, 0.3) is 6.08 Å². The van der Waals surface area contributed by atoms with Gasteiger partial charge in [-0.05, 0) is 42.0 Å². The molecule has 2 amide bonds. The molecule has 2 rings (SSSR count). The van der Waals surface area contributed by atoms with Gasteiger partial charge in [0.05, 0.1) is 18.5 Å². The molecule has 0 aliphatic heterocycles. The molecule has 0 spiro atoms. The third-order valence-corrected chi connectivity index (χ3v) is 3.76. The van der Waals surface area contributed by atoms with E-state index in [2.05, 4.69) is 17.2 Å². The monoisotopic (exact) mass is 400 g/mol. The van der Waals surface area contributed by atoms with Crippen LogP contribution in [0.5, 0.6) is 11.5 Å². The number of carbonyl (C=O) groups excluding carboxylic acids is 2. The van der Waals surface area contributed by atoms with Crippen LogP contribution in [0.2, 0.25) is 5.02 Å². The van der Waals surface area contributed by atoms with Crippen LogP contribution in [-0.4, -0.2) is 25.5 Å². The van der Waals surface area contributed by atoms with Crippen LogP contribution in [0.3, 0.4) is 0 Å². The summed E-state index contributed by atoms with van der Waals surface area (Å²) in [6.07, 6.45) is 4.65. The molecule has 6 nitrogen and oxygen atoms in total. The lowest BCUT2D eigenvalue weighted by atomic mass is 10.2. The zero-order chi connectivity index (χ0) is 20.5. The molecule has 0 bridgehead atoms. The zero-order valence-electron chi connectivity index (χ0n) is 15.6. The first-order valence-corrected chi connectivity index (χ1v) is 8.78. The summed E-state index contributed by atoms with van der Waals surface area (Å²) in [5.41, 5.74) is 1.62. The van der Waals surface area contributed by atoms with Crippen molar-refractivity contribution in [2.75, 3.05) is 24.4 Å². The molecule has 0 atom stereocenters. The van der Waals surface area contributed by atoms with E-state index in [-0.39, 0.29) is 11.8 Å². The molecule has 0 fully saturated rings. The molecule has 0 unspecified atom stereocenters. The topological polar surface area (TPSA) is 76.7 Å². The normalized spacial score (nSPS) is 10.4. The predicted molar refractivity (Wildman–Crippen MR) is 112 cm³/mol. The van der Waals surface area contributed by atoms with Gasteiger partial charge in [-0.15, -0.1) is 0 Å². The lowest BCUT2D eigenvalue weighted by Gasteiger charge is -2.11. The third-order valence-electron chi connectivity index (χ3n) is 3.52. The zero-order valence-corrected chi connectivity index (χ0v) is 16.4. The van der Waals surface area contributed by atoms with Crippen molar-refractivity contribution in [2.45, 2.75) is 6.92 Å². The summed E-state index contributed by atoms with van der Waals surface area (Å²) in [5, 5.41) is 5.79. The van der Waals surface area contributed by atoms with Crippen molar-refractivity contribution in [1.29, 1.82) is 0 Å². The van der Waals surface area contributed by atoms with E-state index in [1.807, 2.05) is 0 Å². The summed E-state index contributed by atoms with van der Waals surface area (Å²) in [6, 6.07) is 10.1. The summed E-state index contributed by atoms with van der Waals surface area (Å²) in [6.45, 7) is 5.36. The number of hydrogen-bond donors (Lipinski definition) is 2. The largest absolute Gasteiger partial charge is 0.493 e. The van der Waals surface area contributed by atoms with Gasteiger partial charge in [0, 0.05) is 18.0 Å². The summed E-state index contributed by atoms with van der Waals surface area (Å²) >= 11 is 5.98. The Morgan fingerprint density at radius 2 is 1.89 bits per heavy atom. The number of nitrogens with one attached hydrogen (secondary N) is 2. The standard InChI is InChI=1S/C21H21ClN2O4/c1-4-11-28-19-9-5-15(12-20(19)27-3)6-10-21(26)24-18-13-16(22)7-8-17(18)23-14(2)25/h4-10,12-13H,1,11H2,2-3H3,(H,23,25)(H,24,26)/b10-6+. The van der Waals surface area contributed by atoms with Gasteiger partial charge in [0.2, 0.25) is 11.8 Å².